The second kappa shape index (κ2) is 9.01. The van der Waals surface area contributed by atoms with Gasteiger partial charge in [-0.2, -0.15) is 0 Å². The predicted molar refractivity (Wildman–Crippen MR) is 101 cm³/mol. The zero-order chi connectivity index (χ0) is 18.4. The topological polar surface area (TPSA) is 54.7 Å². The van der Waals surface area contributed by atoms with Gasteiger partial charge >= 0.3 is 0 Å². The van der Waals surface area contributed by atoms with E-state index in [0.29, 0.717) is 19.7 Å². The van der Waals surface area contributed by atoms with Crippen LogP contribution in [-0.4, -0.2) is 30.0 Å². The lowest BCUT2D eigenvalue weighted by atomic mass is 10.1. The van der Waals surface area contributed by atoms with Crippen LogP contribution in [0.1, 0.15) is 42.7 Å². The lowest BCUT2D eigenvalue weighted by Gasteiger charge is -2.19. The number of nitrogens with one attached hydrogen (secondary N) is 1. The Bertz CT molecular complexity index is 706. The maximum atomic E-state index is 12.3. The van der Waals surface area contributed by atoms with E-state index in [1.165, 1.54) is 5.56 Å². The third kappa shape index (κ3) is 5.44. The SMILES string of the molecule is CC(C)OCc1ccc(CNC(=O)CN2CCCc3occc3C2)cc1. The number of carbonyl (C=O) groups is 1. The van der Waals surface area contributed by atoms with Gasteiger partial charge in [-0.15, -0.1) is 0 Å². The summed E-state index contributed by atoms with van der Waals surface area (Å²) >= 11 is 0. The molecule has 1 aromatic carbocycles. The first-order valence-electron chi connectivity index (χ1n) is 9.34. The average molecular weight is 356 g/mol. The van der Waals surface area contributed by atoms with Crippen molar-refractivity contribution in [1.82, 2.24) is 10.2 Å². The summed E-state index contributed by atoms with van der Waals surface area (Å²) < 4.78 is 11.1. The van der Waals surface area contributed by atoms with E-state index >= 15 is 0 Å². The van der Waals surface area contributed by atoms with Crippen molar-refractivity contribution >= 4 is 5.91 Å². The summed E-state index contributed by atoms with van der Waals surface area (Å²) in [6.45, 7) is 7.35. The van der Waals surface area contributed by atoms with Crippen LogP contribution >= 0.6 is 0 Å². The van der Waals surface area contributed by atoms with Gasteiger partial charge in [0.05, 0.1) is 25.5 Å². The van der Waals surface area contributed by atoms with E-state index in [1.54, 1.807) is 6.26 Å². The third-order valence-corrected chi connectivity index (χ3v) is 4.57. The van der Waals surface area contributed by atoms with Crippen LogP contribution in [0.25, 0.3) is 0 Å². The van der Waals surface area contributed by atoms with E-state index in [0.717, 1.165) is 42.8 Å². The van der Waals surface area contributed by atoms with Gasteiger partial charge in [-0.3, -0.25) is 9.69 Å². The van der Waals surface area contributed by atoms with Crippen molar-refractivity contribution in [3.8, 4) is 0 Å². The Hall–Kier alpha value is -2.11. The number of amides is 1. The van der Waals surface area contributed by atoms with Crippen LogP contribution in [0.4, 0.5) is 0 Å². The lowest BCUT2D eigenvalue weighted by Crippen LogP contribution is -2.36. The fourth-order valence-corrected chi connectivity index (χ4v) is 3.12. The quantitative estimate of drug-likeness (QED) is 0.827. The van der Waals surface area contributed by atoms with Crippen molar-refractivity contribution in [2.45, 2.75) is 52.5 Å². The lowest BCUT2D eigenvalue weighted by molar-refractivity contribution is -0.122. The number of carbonyl (C=O) groups excluding carboxylic acids is 1. The first kappa shape index (κ1) is 18.7. The molecule has 1 aliphatic heterocycles. The number of ether oxygens (including phenoxy) is 1. The molecule has 0 saturated carbocycles. The van der Waals surface area contributed by atoms with E-state index in [9.17, 15) is 4.79 Å². The molecule has 1 N–H and O–H groups in total. The van der Waals surface area contributed by atoms with Gasteiger partial charge in [0, 0.05) is 25.1 Å². The molecule has 0 bridgehead atoms. The van der Waals surface area contributed by atoms with Crippen molar-refractivity contribution in [3.63, 3.8) is 0 Å². The number of hydrogen-bond donors (Lipinski definition) is 1. The van der Waals surface area contributed by atoms with Crippen molar-refractivity contribution in [1.29, 1.82) is 0 Å². The van der Waals surface area contributed by atoms with Crippen LogP contribution in [0.5, 0.6) is 0 Å². The highest BCUT2D eigenvalue weighted by Crippen LogP contribution is 2.19. The van der Waals surface area contributed by atoms with Crippen molar-refractivity contribution in [2.24, 2.45) is 0 Å². The summed E-state index contributed by atoms with van der Waals surface area (Å²) in [5, 5.41) is 3.02. The van der Waals surface area contributed by atoms with Gasteiger partial charge in [0.2, 0.25) is 5.91 Å². The Balaban J connectivity index is 1.44. The zero-order valence-electron chi connectivity index (χ0n) is 15.7. The average Bonchev–Trinajstić information content (AvgIpc) is 2.97. The predicted octanol–water partition coefficient (Wildman–Crippen LogP) is 3.27. The molecular weight excluding hydrogens is 328 g/mol. The number of fused-ring (bicyclic) bond motifs is 1. The molecule has 3 rings (SSSR count). The maximum absolute atomic E-state index is 12.3. The highest BCUT2D eigenvalue weighted by molar-refractivity contribution is 5.78. The van der Waals surface area contributed by atoms with Gasteiger partial charge in [-0.25, -0.2) is 0 Å². The molecular formula is C21H28N2O3. The van der Waals surface area contributed by atoms with Crippen LogP contribution in [0.15, 0.2) is 41.0 Å². The first-order chi connectivity index (χ1) is 12.6. The highest BCUT2D eigenvalue weighted by atomic mass is 16.5. The van der Waals surface area contributed by atoms with Crippen LogP contribution in [-0.2, 0) is 35.6 Å². The molecule has 0 radical (unpaired) electrons. The molecule has 1 aliphatic rings. The van der Waals surface area contributed by atoms with E-state index in [4.69, 9.17) is 9.15 Å². The molecule has 0 unspecified atom stereocenters. The number of benzene rings is 1. The summed E-state index contributed by atoms with van der Waals surface area (Å²) in [5.41, 5.74) is 3.45. The van der Waals surface area contributed by atoms with Gasteiger partial charge in [0.25, 0.3) is 0 Å². The van der Waals surface area contributed by atoms with E-state index in [-0.39, 0.29) is 12.0 Å². The molecule has 1 aromatic heterocycles. The van der Waals surface area contributed by atoms with Crippen molar-refractivity contribution in [2.75, 3.05) is 13.1 Å². The molecule has 0 fully saturated rings. The Morgan fingerprint density at radius 1 is 1.23 bits per heavy atom. The number of furan rings is 1. The van der Waals surface area contributed by atoms with Crippen LogP contribution in [0.2, 0.25) is 0 Å². The second-order valence-corrected chi connectivity index (χ2v) is 7.14. The molecule has 26 heavy (non-hydrogen) atoms. The molecule has 0 saturated heterocycles. The Morgan fingerprint density at radius 2 is 2.00 bits per heavy atom. The monoisotopic (exact) mass is 356 g/mol. The number of nitrogens with zero attached hydrogens (tertiary/aromatic N) is 1. The van der Waals surface area contributed by atoms with Gasteiger partial charge < -0.3 is 14.5 Å². The van der Waals surface area contributed by atoms with Gasteiger partial charge in [0.15, 0.2) is 0 Å². The fourth-order valence-electron chi connectivity index (χ4n) is 3.12. The van der Waals surface area contributed by atoms with Crippen LogP contribution in [0.3, 0.4) is 0 Å². The minimum absolute atomic E-state index is 0.0594. The molecule has 0 aliphatic carbocycles. The van der Waals surface area contributed by atoms with Crippen LogP contribution < -0.4 is 5.32 Å². The highest BCUT2D eigenvalue weighted by Gasteiger charge is 2.18. The molecule has 1 amide bonds. The van der Waals surface area contributed by atoms with Crippen molar-refractivity contribution in [3.05, 3.63) is 59.0 Å². The molecule has 0 spiro atoms. The normalized spacial score (nSPS) is 14.9. The van der Waals surface area contributed by atoms with E-state index < -0.39 is 0 Å². The smallest absolute Gasteiger partial charge is 0.234 e. The summed E-state index contributed by atoms with van der Waals surface area (Å²) in [5.74, 6) is 1.12. The molecule has 2 aromatic rings. The number of rotatable bonds is 7. The Kier molecular flexibility index (Phi) is 6.47. The van der Waals surface area contributed by atoms with Crippen LogP contribution in [0, 0.1) is 0 Å². The summed E-state index contributed by atoms with van der Waals surface area (Å²) in [4.78, 5) is 14.5. The summed E-state index contributed by atoms with van der Waals surface area (Å²) in [6, 6.07) is 10.2. The zero-order valence-corrected chi connectivity index (χ0v) is 15.7. The molecule has 5 nitrogen and oxygen atoms in total. The van der Waals surface area contributed by atoms with E-state index in [2.05, 4.69) is 22.3 Å². The van der Waals surface area contributed by atoms with E-state index in [1.807, 2.05) is 32.0 Å². The number of hydrogen-bond acceptors (Lipinski definition) is 4. The first-order valence-corrected chi connectivity index (χ1v) is 9.34. The van der Waals surface area contributed by atoms with Gasteiger partial charge in [-0.1, -0.05) is 24.3 Å². The standard InChI is InChI=1S/C21H28N2O3/c1-16(2)26-15-18-7-5-17(6-8-18)12-22-21(24)14-23-10-3-4-20-19(13-23)9-11-25-20/h5-9,11,16H,3-4,10,12-15H2,1-2H3,(H,22,24). The minimum atomic E-state index is 0.0594. The Morgan fingerprint density at radius 3 is 2.77 bits per heavy atom. The largest absolute Gasteiger partial charge is 0.469 e. The molecule has 5 heteroatoms. The summed E-state index contributed by atoms with van der Waals surface area (Å²) in [7, 11) is 0. The fraction of sp³-hybridized carbons (Fsp3) is 0.476. The number of aryl methyl sites for hydroxylation is 1. The third-order valence-electron chi connectivity index (χ3n) is 4.57. The minimum Gasteiger partial charge on any atom is -0.469 e. The molecule has 0 atom stereocenters. The van der Waals surface area contributed by atoms with Gasteiger partial charge in [0.1, 0.15) is 5.76 Å². The van der Waals surface area contributed by atoms with Gasteiger partial charge in [-0.05, 0) is 44.0 Å². The maximum Gasteiger partial charge on any atom is 0.234 e. The molecule has 2 heterocycles. The van der Waals surface area contributed by atoms with Crippen molar-refractivity contribution < 1.29 is 13.9 Å². The summed E-state index contributed by atoms with van der Waals surface area (Å²) in [6.07, 6.45) is 3.94. The Labute approximate surface area is 155 Å². The molecule has 140 valence electrons. The second-order valence-electron chi connectivity index (χ2n) is 7.14.